The lowest BCUT2D eigenvalue weighted by Gasteiger charge is -2.36. The van der Waals surface area contributed by atoms with E-state index in [4.69, 9.17) is 4.74 Å². The van der Waals surface area contributed by atoms with Crippen LogP contribution in [0.1, 0.15) is 30.4 Å². The fourth-order valence-electron chi connectivity index (χ4n) is 3.97. The molecule has 0 spiro atoms. The highest BCUT2D eigenvalue weighted by molar-refractivity contribution is 8.00. The molecule has 0 aliphatic heterocycles. The predicted molar refractivity (Wildman–Crippen MR) is 130 cm³/mol. The lowest BCUT2D eigenvalue weighted by molar-refractivity contribution is 0.0120. The van der Waals surface area contributed by atoms with E-state index in [-0.39, 0.29) is 17.4 Å². The third kappa shape index (κ3) is 6.23. The summed E-state index contributed by atoms with van der Waals surface area (Å²) < 4.78 is 35.5. The molecule has 3 atom stereocenters. The van der Waals surface area contributed by atoms with Gasteiger partial charge in [0.15, 0.2) is 0 Å². The topological polar surface area (TPSA) is 55.4 Å². The molecule has 1 aliphatic carbocycles. The Kier molecular flexibility index (Phi) is 7.68. The van der Waals surface area contributed by atoms with E-state index in [9.17, 15) is 8.42 Å². The molecule has 3 aromatic rings. The maximum atomic E-state index is 13.1. The minimum Gasteiger partial charge on any atom is -0.373 e. The smallest absolute Gasteiger partial charge is 0.240 e. The van der Waals surface area contributed by atoms with Crippen LogP contribution in [0, 0.1) is 6.92 Å². The van der Waals surface area contributed by atoms with Crippen molar-refractivity contribution in [3.63, 3.8) is 0 Å². The van der Waals surface area contributed by atoms with Crippen molar-refractivity contribution in [3.8, 4) is 0 Å². The first-order valence-electron chi connectivity index (χ1n) is 11.0. The molecular weight excluding hydrogens is 438 g/mol. The number of hydrogen-bond donors (Lipinski definition) is 1. The summed E-state index contributed by atoms with van der Waals surface area (Å²) in [6, 6.07) is 27.1. The van der Waals surface area contributed by atoms with Crippen molar-refractivity contribution in [3.05, 3.63) is 96.1 Å². The van der Waals surface area contributed by atoms with Crippen LogP contribution in [0.4, 0.5) is 0 Å². The molecule has 168 valence electrons. The van der Waals surface area contributed by atoms with Crippen LogP contribution in [0.15, 0.2) is 94.7 Å². The molecule has 0 amide bonds. The monoisotopic (exact) mass is 467 g/mol. The molecule has 0 bridgehead atoms. The van der Waals surface area contributed by atoms with Crippen molar-refractivity contribution < 1.29 is 13.2 Å². The highest BCUT2D eigenvalue weighted by Gasteiger charge is 2.34. The van der Waals surface area contributed by atoms with Crippen molar-refractivity contribution in [1.82, 2.24) is 4.72 Å². The normalized spacial score (nSPS) is 21.3. The molecule has 0 unspecified atom stereocenters. The molecule has 0 aromatic heterocycles. The van der Waals surface area contributed by atoms with E-state index in [1.807, 2.05) is 55.5 Å². The Hall–Kier alpha value is -2.12. The van der Waals surface area contributed by atoms with E-state index >= 15 is 0 Å². The number of aryl methyl sites for hydroxylation is 1. The second kappa shape index (κ2) is 10.7. The molecule has 32 heavy (non-hydrogen) atoms. The van der Waals surface area contributed by atoms with Crippen LogP contribution in [-0.2, 0) is 21.4 Å². The Bertz CT molecular complexity index is 1090. The van der Waals surface area contributed by atoms with Gasteiger partial charge in [0.1, 0.15) is 0 Å². The maximum Gasteiger partial charge on any atom is 0.240 e. The number of nitrogens with one attached hydrogen (secondary N) is 1. The number of hydrogen-bond acceptors (Lipinski definition) is 4. The van der Waals surface area contributed by atoms with E-state index in [2.05, 4.69) is 29.0 Å². The average molecular weight is 468 g/mol. The molecule has 1 saturated carbocycles. The van der Waals surface area contributed by atoms with Crippen LogP contribution in [-0.4, -0.2) is 25.8 Å². The van der Waals surface area contributed by atoms with E-state index in [1.54, 1.807) is 23.9 Å². The van der Waals surface area contributed by atoms with E-state index in [0.29, 0.717) is 17.9 Å². The van der Waals surface area contributed by atoms with Gasteiger partial charge >= 0.3 is 0 Å². The summed E-state index contributed by atoms with van der Waals surface area (Å²) in [6.45, 7) is 2.49. The lowest BCUT2D eigenvalue weighted by Crippen LogP contribution is -2.47. The first-order valence-corrected chi connectivity index (χ1v) is 13.3. The highest BCUT2D eigenvalue weighted by Crippen LogP contribution is 2.36. The number of ether oxygens (including phenoxy) is 1. The maximum absolute atomic E-state index is 13.1. The van der Waals surface area contributed by atoms with Gasteiger partial charge in [-0.3, -0.25) is 0 Å². The van der Waals surface area contributed by atoms with Crippen LogP contribution >= 0.6 is 11.8 Å². The number of rotatable bonds is 8. The summed E-state index contributed by atoms with van der Waals surface area (Å²) in [4.78, 5) is 1.46. The van der Waals surface area contributed by atoms with Gasteiger partial charge in [-0.15, -0.1) is 11.8 Å². The largest absolute Gasteiger partial charge is 0.373 e. The molecule has 1 N–H and O–H groups in total. The third-order valence-electron chi connectivity index (χ3n) is 5.74. The van der Waals surface area contributed by atoms with Gasteiger partial charge in [0, 0.05) is 16.2 Å². The van der Waals surface area contributed by atoms with Gasteiger partial charge in [-0.25, -0.2) is 13.1 Å². The van der Waals surface area contributed by atoms with Crippen LogP contribution in [0.25, 0.3) is 0 Å². The molecule has 1 fully saturated rings. The van der Waals surface area contributed by atoms with E-state index in [1.165, 1.54) is 0 Å². The standard InChI is InChI=1S/C26H29NO3S2/c1-20-12-15-24(16-13-20)32(28,29)27-25-18-22(30-19-21-8-4-2-5-9-21)14-17-26(25)31-23-10-6-3-7-11-23/h2-13,15-16,22,25-27H,14,17-19H2,1H3/t22-,25+,26+/m0/s1. The zero-order valence-corrected chi connectivity index (χ0v) is 19.8. The van der Waals surface area contributed by atoms with Gasteiger partial charge in [0.25, 0.3) is 0 Å². The fourth-order valence-corrected chi connectivity index (χ4v) is 6.60. The van der Waals surface area contributed by atoms with Gasteiger partial charge in [-0.1, -0.05) is 66.2 Å². The second-order valence-corrected chi connectivity index (χ2v) is 11.3. The van der Waals surface area contributed by atoms with E-state index < -0.39 is 10.0 Å². The second-order valence-electron chi connectivity index (χ2n) is 8.24. The Morgan fingerprint density at radius 2 is 1.56 bits per heavy atom. The van der Waals surface area contributed by atoms with Crippen LogP contribution in [0.5, 0.6) is 0 Å². The number of thioether (sulfide) groups is 1. The predicted octanol–water partition coefficient (Wildman–Crippen LogP) is 5.57. The summed E-state index contributed by atoms with van der Waals surface area (Å²) in [5.74, 6) is 0. The first-order chi connectivity index (χ1) is 15.5. The molecule has 4 nitrogen and oxygen atoms in total. The summed E-state index contributed by atoms with van der Waals surface area (Å²) in [5.41, 5.74) is 2.17. The summed E-state index contributed by atoms with van der Waals surface area (Å²) >= 11 is 1.74. The minimum atomic E-state index is -3.61. The quantitative estimate of drug-likeness (QED) is 0.470. The van der Waals surface area contributed by atoms with E-state index in [0.717, 1.165) is 28.9 Å². The summed E-state index contributed by atoms with van der Waals surface area (Å²) in [6.07, 6.45) is 2.48. The molecule has 0 saturated heterocycles. The van der Waals surface area contributed by atoms with Crippen molar-refractivity contribution in [2.24, 2.45) is 0 Å². The van der Waals surface area contributed by atoms with Gasteiger partial charge < -0.3 is 4.74 Å². The summed E-state index contributed by atoms with van der Waals surface area (Å²) in [5, 5.41) is 0.147. The SMILES string of the molecule is Cc1ccc(S(=O)(=O)N[C@@H]2C[C@@H](OCc3ccccc3)CC[C@H]2Sc2ccccc2)cc1. The first kappa shape index (κ1) is 23.1. The van der Waals surface area contributed by atoms with Gasteiger partial charge in [0.2, 0.25) is 10.0 Å². The van der Waals surface area contributed by atoms with Crippen LogP contribution in [0.3, 0.4) is 0 Å². The molecular formula is C26H29NO3S2. The Morgan fingerprint density at radius 1 is 0.906 bits per heavy atom. The number of sulfonamides is 1. The molecule has 3 aromatic carbocycles. The van der Waals surface area contributed by atoms with Crippen LogP contribution in [0.2, 0.25) is 0 Å². The Morgan fingerprint density at radius 3 is 2.25 bits per heavy atom. The highest BCUT2D eigenvalue weighted by atomic mass is 32.2. The van der Waals surface area contributed by atoms with Gasteiger partial charge in [-0.05, 0) is 56.0 Å². The van der Waals surface area contributed by atoms with Gasteiger partial charge in [-0.2, -0.15) is 0 Å². The van der Waals surface area contributed by atoms with Crippen molar-refractivity contribution in [2.75, 3.05) is 0 Å². The summed E-state index contributed by atoms with van der Waals surface area (Å²) in [7, 11) is -3.61. The fraction of sp³-hybridized carbons (Fsp3) is 0.308. The van der Waals surface area contributed by atoms with Crippen molar-refractivity contribution >= 4 is 21.8 Å². The molecule has 1 aliphatic rings. The molecule has 0 heterocycles. The zero-order valence-electron chi connectivity index (χ0n) is 18.2. The Labute approximate surface area is 195 Å². The number of benzene rings is 3. The molecule has 0 radical (unpaired) electrons. The zero-order chi connectivity index (χ0) is 22.4. The van der Waals surface area contributed by atoms with Gasteiger partial charge in [0.05, 0.1) is 17.6 Å². The van der Waals surface area contributed by atoms with Crippen molar-refractivity contribution in [2.45, 2.75) is 60.0 Å². The third-order valence-corrected chi connectivity index (χ3v) is 8.65. The minimum absolute atomic E-state index is 0.0218. The lowest BCUT2D eigenvalue weighted by atomic mass is 9.93. The Balaban J connectivity index is 1.48. The molecule has 4 rings (SSSR count). The van der Waals surface area contributed by atoms with Crippen LogP contribution < -0.4 is 4.72 Å². The van der Waals surface area contributed by atoms with Crippen molar-refractivity contribution in [1.29, 1.82) is 0 Å². The molecule has 6 heteroatoms. The average Bonchev–Trinajstić information content (AvgIpc) is 2.81.